The number of amides is 1. The minimum Gasteiger partial charge on any atom is -0.490 e. The van der Waals surface area contributed by atoms with Crippen molar-refractivity contribution >= 4 is 6.09 Å². The van der Waals surface area contributed by atoms with Gasteiger partial charge in [0.2, 0.25) is 0 Å². The van der Waals surface area contributed by atoms with Gasteiger partial charge in [0, 0.05) is 6.07 Å². The van der Waals surface area contributed by atoms with E-state index in [1.54, 1.807) is 0 Å². The van der Waals surface area contributed by atoms with E-state index in [1.165, 1.54) is 0 Å². The zero-order valence-electron chi connectivity index (χ0n) is 9.37. The Morgan fingerprint density at radius 1 is 1.26 bits per heavy atom. The molecule has 0 bridgehead atoms. The monoisotopic (exact) mass is 283 g/mol. The average molecular weight is 283 g/mol. The number of nitrogens with two attached hydrogens (primary N) is 1. The van der Waals surface area contributed by atoms with E-state index < -0.39 is 24.0 Å². The molecule has 0 unspecified atom stereocenters. The van der Waals surface area contributed by atoms with Gasteiger partial charge < -0.3 is 19.9 Å². The number of alkyl halides is 3. The largest absolute Gasteiger partial charge is 0.573 e. The lowest BCUT2D eigenvalue weighted by atomic mass is 10.3. The number of benzene rings is 1. The molecule has 1 aromatic rings. The molecule has 0 aromatic heterocycles. The fourth-order valence-electron chi connectivity index (χ4n) is 1.08. The third-order valence-electron chi connectivity index (χ3n) is 1.73. The van der Waals surface area contributed by atoms with Crippen LogP contribution in [-0.2, 0) is 4.74 Å². The Balaban J connectivity index is 2.54. The predicted octanol–water partition coefficient (Wildman–Crippen LogP) is 2.20. The van der Waals surface area contributed by atoms with Gasteiger partial charge in [0.1, 0.15) is 19.0 Å². The van der Waals surface area contributed by atoms with Gasteiger partial charge >= 0.3 is 12.5 Å². The van der Waals surface area contributed by atoms with E-state index in [0.717, 1.165) is 12.1 Å². The molecular weight excluding hydrogens is 274 g/mol. The van der Waals surface area contributed by atoms with Crippen molar-refractivity contribution in [3.63, 3.8) is 0 Å². The summed E-state index contributed by atoms with van der Waals surface area (Å²) in [4.78, 5) is 10.2. The number of primary amides is 1. The summed E-state index contributed by atoms with van der Waals surface area (Å²) >= 11 is 0. The molecule has 1 amide bonds. The minimum absolute atomic E-state index is 0.0416. The summed E-state index contributed by atoms with van der Waals surface area (Å²) in [6.07, 6.45) is -5.97. The lowest BCUT2D eigenvalue weighted by Crippen LogP contribution is -2.18. The van der Waals surface area contributed by atoms with Crippen LogP contribution in [0.5, 0.6) is 11.5 Å². The second kappa shape index (κ2) is 6.12. The third kappa shape index (κ3) is 5.80. The molecule has 19 heavy (non-hydrogen) atoms. The summed E-state index contributed by atoms with van der Waals surface area (Å²) in [5, 5.41) is 0. The smallest absolute Gasteiger partial charge is 0.490 e. The molecule has 0 spiro atoms. The zero-order chi connectivity index (χ0) is 14.5. The maximum absolute atomic E-state index is 13.2. The molecule has 2 N–H and O–H groups in total. The van der Waals surface area contributed by atoms with Crippen molar-refractivity contribution < 1.29 is 36.6 Å². The highest BCUT2D eigenvalue weighted by Crippen LogP contribution is 2.28. The average Bonchev–Trinajstić information content (AvgIpc) is 2.26. The summed E-state index contributed by atoms with van der Waals surface area (Å²) in [6, 6.07) is 2.56. The second-order valence-corrected chi connectivity index (χ2v) is 3.16. The quantitative estimate of drug-likeness (QED) is 0.664. The maximum Gasteiger partial charge on any atom is 0.573 e. The first kappa shape index (κ1) is 14.9. The maximum atomic E-state index is 13.2. The van der Waals surface area contributed by atoms with Gasteiger partial charge in [-0.25, -0.2) is 9.18 Å². The molecule has 0 aliphatic heterocycles. The molecule has 0 aliphatic rings. The van der Waals surface area contributed by atoms with Crippen LogP contribution in [-0.4, -0.2) is 25.7 Å². The van der Waals surface area contributed by atoms with Crippen LogP contribution in [0, 0.1) is 5.82 Å². The van der Waals surface area contributed by atoms with Crippen LogP contribution in [0.25, 0.3) is 0 Å². The van der Waals surface area contributed by atoms with Crippen molar-refractivity contribution in [3.8, 4) is 11.5 Å². The Morgan fingerprint density at radius 3 is 2.47 bits per heavy atom. The topological polar surface area (TPSA) is 70.8 Å². The Morgan fingerprint density at radius 2 is 1.95 bits per heavy atom. The van der Waals surface area contributed by atoms with E-state index in [-0.39, 0.29) is 19.0 Å². The number of rotatable bonds is 5. The fourth-order valence-corrected chi connectivity index (χ4v) is 1.08. The highest BCUT2D eigenvalue weighted by Gasteiger charge is 2.32. The first-order valence-electron chi connectivity index (χ1n) is 4.88. The molecule has 0 radical (unpaired) electrons. The molecular formula is C10H9F4NO4. The van der Waals surface area contributed by atoms with Gasteiger partial charge in [-0.05, 0) is 12.1 Å². The third-order valence-corrected chi connectivity index (χ3v) is 1.73. The molecule has 0 saturated heterocycles. The Kier molecular flexibility index (Phi) is 4.79. The van der Waals surface area contributed by atoms with Crippen LogP contribution >= 0.6 is 0 Å². The van der Waals surface area contributed by atoms with E-state index >= 15 is 0 Å². The Bertz CT molecular complexity index is 450. The van der Waals surface area contributed by atoms with Crippen molar-refractivity contribution in [2.45, 2.75) is 6.36 Å². The van der Waals surface area contributed by atoms with Crippen molar-refractivity contribution in [1.82, 2.24) is 0 Å². The molecule has 0 aliphatic carbocycles. The predicted molar refractivity (Wildman–Crippen MR) is 54.1 cm³/mol. The second-order valence-electron chi connectivity index (χ2n) is 3.16. The van der Waals surface area contributed by atoms with Crippen LogP contribution in [0.1, 0.15) is 0 Å². The first-order chi connectivity index (χ1) is 8.78. The summed E-state index contributed by atoms with van der Waals surface area (Å²) in [7, 11) is 0. The SMILES string of the molecule is NC(=O)OCCOc1ccc(OC(F)(F)F)c(F)c1. The normalized spacial score (nSPS) is 10.9. The number of carbonyl (C=O) groups is 1. The van der Waals surface area contributed by atoms with Gasteiger partial charge in [-0.2, -0.15) is 0 Å². The number of halogens is 4. The lowest BCUT2D eigenvalue weighted by molar-refractivity contribution is -0.275. The molecule has 0 fully saturated rings. The summed E-state index contributed by atoms with van der Waals surface area (Å²) in [6.45, 7) is -0.292. The van der Waals surface area contributed by atoms with E-state index in [2.05, 4.69) is 15.2 Å². The molecule has 9 heteroatoms. The lowest BCUT2D eigenvalue weighted by Gasteiger charge is -2.11. The van der Waals surface area contributed by atoms with Crippen LogP contribution < -0.4 is 15.2 Å². The van der Waals surface area contributed by atoms with Gasteiger partial charge in [-0.1, -0.05) is 0 Å². The van der Waals surface area contributed by atoms with E-state index in [0.29, 0.717) is 6.07 Å². The first-order valence-corrected chi connectivity index (χ1v) is 4.88. The van der Waals surface area contributed by atoms with Crippen LogP contribution in [0.15, 0.2) is 18.2 Å². The highest BCUT2D eigenvalue weighted by molar-refractivity contribution is 5.64. The van der Waals surface area contributed by atoms with Crippen LogP contribution in [0.4, 0.5) is 22.4 Å². The number of carbonyl (C=O) groups excluding carboxylic acids is 1. The van der Waals surface area contributed by atoms with Gasteiger partial charge in [0.25, 0.3) is 0 Å². The number of hydrogen-bond donors (Lipinski definition) is 1. The van der Waals surface area contributed by atoms with Gasteiger partial charge in [0.05, 0.1) is 0 Å². The zero-order valence-corrected chi connectivity index (χ0v) is 9.37. The fraction of sp³-hybridized carbons (Fsp3) is 0.300. The standard InChI is InChI=1S/C10H9F4NO4/c11-7-5-6(17-3-4-18-9(15)16)1-2-8(7)19-10(12,13)14/h1-2,5H,3-4H2,(H2,15,16). The molecule has 0 saturated carbocycles. The highest BCUT2D eigenvalue weighted by atomic mass is 19.4. The molecule has 106 valence electrons. The van der Waals surface area contributed by atoms with Crippen molar-refractivity contribution in [3.05, 3.63) is 24.0 Å². The molecule has 5 nitrogen and oxygen atoms in total. The van der Waals surface area contributed by atoms with Gasteiger partial charge in [0.15, 0.2) is 11.6 Å². The molecule has 1 aromatic carbocycles. The van der Waals surface area contributed by atoms with E-state index in [9.17, 15) is 22.4 Å². The summed E-state index contributed by atoms with van der Waals surface area (Å²) in [5.41, 5.74) is 4.67. The Hall–Kier alpha value is -2.19. The summed E-state index contributed by atoms with van der Waals surface area (Å²) < 4.78 is 61.5. The van der Waals surface area contributed by atoms with Crippen molar-refractivity contribution in [2.75, 3.05) is 13.2 Å². The van der Waals surface area contributed by atoms with E-state index in [1.807, 2.05) is 0 Å². The van der Waals surface area contributed by atoms with Crippen LogP contribution in [0.3, 0.4) is 0 Å². The van der Waals surface area contributed by atoms with E-state index in [4.69, 9.17) is 4.74 Å². The number of hydrogen-bond acceptors (Lipinski definition) is 4. The van der Waals surface area contributed by atoms with Gasteiger partial charge in [-0.3, -0.25) is 0 Å². The molecule has 1 rings (SSSR count). The Labute approximate surface area is 104 Å². The molecule has 0 atom stereocenters. The van der Waals surface area contributed by atoms with Crippen molar-refractivity contribution in [2.24, 2.45) is 5.73 Å². The molecule has 0 heterocycles. The summed E-state index contributed by atoms with van der Waals surface area (Å²) in [5.74, 6) is -2.24. The minimum atomic E-state index is -4.97. The van der Waals surface area contributed by atoms with Crippen molar-refractivity contribution in [1.29, 1.82) is 0 Å². The van der Waals surface area contributed by atoms with Gasteiger partial charge in [-0.15, -0.1) is 13.2 Å². The number of ether oxygens (including phenoxy) is 3. The van der Waals surface area contributed by atoms with Crippen LogP contribution in [0.2, 0.25) is 0 Å².